The van der Waals surface area contributed by atoms with Crippen molar-refractivity contribution in [1.29, 1.82) is 0 Å². The number of nitrogens with one attached hydrogen (secondary N) is 2. The van der Waals surface area contributed by atoms with Crippen LogP contribution in [0.1, 0.15) is 19.5 Å². The maximum absolute atomic E-state index is 10.9. The van der Waals surface area contributed by atoms with Gasteiger partial charge in [0.25, 0.3) is 5.56 Å². The second-order valence-electron chi connectivity index (χ2n) is 4.19. The number of H-pyrrole nitrogens is 2. The minimum atomic E-state index is -0.0566. The van der Waals surface area contributed by atoms with E-state index >= 15 is 0 Å². The van der Waals surface area contributed by atoms with E-state index in [1.165, 1.54) is 5.57 Å². The van der Waals surface area contributed by atoms with Gasteiger partial charge >= 0.3 is 0 Å². The Bertz CT molecular complexity index is 469. The average molecular weight is 236 g/mol. The first-order chi connectivity index (χ1) is 7.65. The zero-order valence-corrected chi connectivity index (χ0v) is 10.3. The summed E-state index contributed by atoms with van der Waals surface area (Å²) in [7, 11) is 0. The second-order valence-corrected chi connectivity index (χ2v) is 5.35. The molecule has 1 aromatic heterocycles. The van der Waals surface area contributed by atoms with Crippen LogP contribution in [0.4, 0.5) is 0 Å². The van der Waals surface area contributed by atoms with Gasteiger partial charge in [-0.05, 0) is 12.8 Å². The van der Waals surface area contributed by atoms with Gasteiger partial charge < -0.3 is 5.10 Å². The Morgan fingerprint density at radius 2 is 2.25 bits per heavy atom. The smallest absolute Gasteiger partial charge is 0.264 e. The van der Waals surface area contributed by atoms with E-state index in [1.807, 2.05) is 11.8 Å². The summed E-state index contributed by atoms with van der Waals surface area (Å²) in [4.78, 5) is 10.9. The van der Waals surface area contributed by atoms with Gasteiger partial charge in [0.1, 0.15) is 0 Å². The van der Waals surface area contributed by atoms with Gasteiger partial charge in [-0.15, -0.1) is 11.8 Å². The monoisotopic (exact) mass is 236 g/mol. The van der Waals surface area contributed by atoms with E-state index in [2.05, 4.69) is 42.3 Å². The maximum atomic E-state index is 10.9. The molecule has 1 aliphatic carbocycles. The molecular formula is C12H16N2OS. The molecule has 0 fully saturated rings. The van der Waals surface area contributed by atoms with Gasteiger partial charge in [0.05, 0.1) is 0 Å². The van der Waals surface area contributed by atoms with Gasteiger partial charge in [-0.25, -0.2) is 0 Å². The summed E-state index contributed by atoms with van der Waals surface area (Å²) in [5.74, 6) is 1.39. The van der Waals surface area contributed by atoms with Crippen LogP contribution >= 0.6 is 11.8 Å². The Morgan fingerprint density at radius 3 is 2.94 bits per heavy atom. The fourth-order valence-corrected chi connectivity index (χ4v) is 2.95. The van der Waals surface area contributed by atoms with Crippen molar-refractivity contribution < 1.29 is 0 Å². The minimum Gasteiger partial charge on any atom is -0.301 e. The van der Waals surface area contributed by atoms with Crippen molar-refractivity contribution in [3.63, 3.8) is 0 Å². The zero-order valence-electron chi connectivity index (χ0n) is 9.49. The first kappa shape index (κ1) is 11.3. The zero-order chi connectivity index (χ0) is 11.5. The number of hydrogen-bond donors (Lipinski definition) is 2. The normalized spacial score (nSPS) is 24.5. The van der Waals surface area contributed by atoms with Crippen molar-refractivity contribution >= 4 is 11.8 Å². The molecule has 1 aromatic rings. The van der Waals surface area contributed by atoms with Crippen LogP contribution in [0.2, 0.25) is 0 Å². The molecule has 0 saturated heterocycles. The third-order valence-corrected chi connectivity index (χ3v) is 4.12. The van der Waals surface area contributed by atoms with Gasteiger partial charge in [-0.2, -0.15) is 0 Å². The first-order valence-corrected chi connectivity index (χ1v) is 6.45. The third kappa shape index (κ3) is 2.70. The predicted octanol–water partition coefficient (Wildman–Crippen LogP) is 2.46. The fraction of sp³-hybridized carbons (Fsp3) is 0.417. The number of allylic oxidation sites excluding steroid dienone is 3. The van der Waals surface area contributed by atoms with Gasteiger partial charge in [0, 0.05) is 22.8 Å². The van der Waals surface area contributed by atoms with E-state index in [9.17, 15) is 4.79 Å². The van der Waals surface area contributed by atoms with Crippen LogP contribution in [0.25, 0.3) is 0 Å². The number of hydrogen-bond acceptors (Lipinski definition) is 2. The van der Waals surface area contributed by atoms with Crippen molar-refractivity contribution in [2.75, 3.05) is 0 Å². The predicted molar refractivity (Wildman–Crippen MR) is 68.6 cm³/mol. The summed E-state index contributed by atoms with van der Waals surface area (Å²) in [6.45, 7) is 4.34. The highest BCUT2D eigenvalue weighted by atomic mass is 32.2. The van der Waals surface area contributed by atoms with Crippen molar-refractivity contribution in [1.82, 2.24) is 10.2 Å². The molecule has 1 aliphatic rings. The number of thioether (sulfide) groups is 1. The van der Waals surface area contributed by atoms with Crippen LogP contribution < -0.4 is 5.56 Å². The molecule has 2 rings (SSSR count). The molecule has 0 amide bonds. The van der Waals surface area contributed by atoms with Gasteiger partial charge in [0.2, 0.25) is 0 Å². The van der Waals surface area contributed by atoms with Gasteiger partial charge in [-0.1, -0.05) is 30.7 Å². The minimum absolute atomic E-state index is 0.0566. The quantitative estimate of drug-likeness (QED) is 0.847. The molecule has 16 heavy (non-hydrogen) atoms. The summed E-state index contributed by atoms with van der Waals surface area (Å²) in [5, 5.41) is 5.93. The Kier molecular flexibility index (Phi) is 3.39. The average Bonchev–Trinajstić information content (AvgIpc) is 2.66. The molecular weight excluding hydrogens is 220 g/mol. The van der Waals surface area contributed by atoms with Crippen LogP contribution in [0.3, 0.4) is 0 Å². The molecule has 0 saturated carbocycles. The highest BCUT2D eigenvalue weighted by Crippen LogP contribution is 2.29. The molecule has 86 valence electrons. The lowest BCUT2D eigenvalue weighted by molar-refractivity contribution is 0.746. The molecule has 0 radical (unpaired) electrons. The summed E-state index contributed by atoms with van der Waals surface area (Å²) in [6, 6.07) is 1.62. The molecule has 1 heterocycles. The third-order valence-electron chi connectivity index (χ3n) is 2.69. The van der Waals surface area contributed by atoms with Crippen LogP contribution in [-0.4, -0.2) is 15.4 Å². The van der Waals surface area contributed by atoms with E-state index in [4.69, 9.17) is 0 Å². The van der Waals surface area contributed by atoms with Crippen LogP contribution in [0.15, 0.2) is 34.7 Å². The fourth-order valence-electron chi connectivity index (χ4n) is 1.72. The maximum Gasteiger partial charge on any atom is 0.264 e. The van der Waals surface area contributed by atoms with Crippen LogP contribution in [0, 0.1) is 5.92 Å². The highest BCUT2D eigenvalue weighted by Gasteiger charge is 2.16. The largest absolute Gasteiger partial charge is 0.301 e. The highest BCUT2D eigenvalue weighted by molar-refractivity contribution is 7.99. The Hall–Kier alpha value is -1.16. The SMILES string of the molecule is CC1=CC(SCc2cc(=O)[nH][nH]2)C(C)C=C1. The van der Waals surface area contributed by atoms with E-state index in [-0.39, 0.29) is 5.56 Å². The lowest BCUT2D eigenvalue weighted by atomic mass is 9.99. The number of aromatic nitrogens is 2. The Morgan fingerprint density at radius 1 is 1.44 bits per heavy atom. The molecule has 2 unspecified atom stereocenters. The first-order valence-electron chi connectivity index (χ1n) is 5.40. The Balaban J connectivity index is 1.95. The lowest BCUT2D eigenvalue weighted by Crippen LogP contribution is -2.13. The Labute approximate surface area is 99.0 Å². The van der Waals surface area contributed by atoms with E-state index in [0.29, 0.717) is 11.2 Å². The molecule has 0 spiro atoms. The van der Waals surface area contributed by atoms with Gasteiger partial charge in [-0.3, -0.25) is 9.89 Å². The van der Waals surface area contributed by atoms with E-state index in [0.717, 1.165) is 11.4 Å². The van der Waals surface area contributed by atoms with Gasteiger partial charge in [0.15, 0.2) is 0 Å². The number of rotatable bonds is 3. The van der Waals surface area contributed by atoms with Crippen molar-refractivity contribution in [2.24, 2.45) is 5.92 Å². The van der Waals surface area contributed by atoms with Crippen molar-refractivity contribution in [2.45, 2.75) is 24.9 Å². The molecule has 2 atom stereocenters. The molecule has 0 aliphatic heterocycles. The van der Waals surface area contributed by atoms with Crippen molar-refractivity contribution in [3.8, 4) is 0 Å². The number of aromatic amines is 2. The van der Waals surface area contributed by atoms with E-state index < -0.39 is 0 Å². The van der Waals surface area contributed by atoms with Crippen LogP contribution in [0.5, 0.6) is 0 Å². The summed E-state index contributed by atoms with van der Waals surface area (Å²) in [5.41, 5.74) is 2.22. The molecule has 2 N–H and O–H groups in total. The molecule has 0 bridgehead atoms. The molecule has 0 aromatic carbocycles. The molecule has 3 nitrogen and oxygen atoms in total. The lowest BCUT2D eigenvalue weighted by Gasteiger charge is -2.21. The van der Waals surface area contributed by atoms with Crippen LogP contribution in [-0.2, 0) is 5.75 Å². The van der Waals surface area contributed by atoms with Crippen molar-refractivity contribution in [3.05, 3.63) is 45.9 Å². The topological polar surface area (TPSA) is 48.6 Å². The second kappa shape index (κ2) is 4.78. The summed E-state index contributed by atoms with van der Waals surface area (Å²) < 4.78 is 0. The summed E-state index contributed by atoms with van der Waals surface area (Å²) >= 11 is 1.86. The standard InChI is InChI=1S/C12H16N2OS/c1-8-3-4-9(2)11(5-8)16-7-10-6-12(15)14-13-10/h3-6,9,11H,7H2,1-2H3,(H2,13,14,15). The van der Waals surface area contributed by atoms with E-state index in [1.54, 1.807) is 6.07 Å². The molecule has 4 heteroatoms. The summed E-state index contributed by atoms with van der Waals surface area (Å²) in [6.07, 6.45) is 6.70.